The molecule has 5 unspecified atom stereocenters. The number of hydrogen-bond donors (Lipinski definition) is 3. The number of ether oxygens (including phenoxy) is 6. The number of rotatable bonds is 4. The Morgan fingerprint density at radius 1 is 0.513 bits per heavy atom. The van der Waals surface area contributed by atoms with Crippen LogP contribution in [0, 0.1) is 0 Å². The zero-order valence-electron chi connectivity index (χ0n) is 41.3. The molecule has 0 amide bonds. The SMILES string of the molecule is O=S(Cl)Cl.O=S1OC2C(N3c4ccccc4Oc4ccccc43)COC[C@H]2O1.O[C@@H]1COCC(N2c3ccccc3Oc3ccccc32)[C@@H]1O.[N-]=[N+]=N[C@H]1COCC(N2c3ccccc3Oc3ccccc32)[C@@H]1O.[N-]=[N+]=[N-].[Na+]. The summed E-state index contributed by atoms with van der Waals surface area (Å²) in [6.45, 7) is 1.91. The van der Waals surface area contributed by atoms with Crippen molar-refractivity contribution in [1.29, 1.82) is 0 Å². The number of nitrogens with zero attached hydrogens (tertiary/aromatic N) is 9. The van der Waals surface area contributed by atoms with E-state index in [0.717, 1.165) is 57.1 Å². The summed E-state index contributed by atoms with van der Waals surface area (Å²) in [4.78, 5) is 10.5. The number of hydrogen-bond acceptors (Lipinski definition) is 17. The van der Waals surface area contributed by atoms with Crippen LogP contribution in [-0.2, 0) is 43.2 Å². The topological polar surface area (TPSA) is 286 Å². The van der Waals surface area contributed by atoms with Crippen molar-refractivity contribution in [2.24, 2.45) is 5.11 Å². The molecule has 6 aromatic carbocycles. The Morgan fingerprint density at radius 2 is 0.833 bits per heavy atom. The predicted octanol–water partition coefficient (Wildman–Crippen LogP) is 7.02. The molecular formula is C51H48Cl2N9NaO13S2. The standard InChI is InChI=1S/C17H16N4O3.C17H15NO5S.C17H17NO4.Cl2OS.N3.Na/c18-20-19-11-9-23-10-14(17(11)22)21-12-5-1-3-7-15(12)24-16-8-4-2-6-13(16)21;19-24-22-16-10-20-9-13(17(16)23-24)18-11-5-1-3-7-14(11)21-15-8-4-2-6-12(15)18;19-14-10-21-9-13(17(14)20)18-11-5-1-3-7-15(11)22-16-8-4-2-6-12(16)18;1-4(2)3;1-3-2;/h1-8,11,14,17,22H,9-10H2;1-8,13,16-17H,9-10H2;1-8,13-14,17,19-20H,9-10H2;;;/q;;;;-1;+1/t11-,14?,17+;13?,16-,17?,24?;13?,14-,17+;;;/m011.../s1. The van der Waals surface area contributed by atoms with Gasteiger partial charge in [0.2, 0.25) is 9.23 Å². The fourth-order valence-electron chi connectivity index (χ4n) is 9.81. The Bertz CT molecular complexity index is 3030. The molecule has 13 rings (SSSR count). The molecule has 27 heteroatoms. The quantitative estimate of drug-likeness (QED) is 0.0525. The minimum absolute atomic E-state index is 0. The van der Waals surface area contributed by atoms with Gasteiger partial charge in [0.05, 0.1) is 104 Å². The van der Waals surface area contributed by atoms with Gasteiger partial charge in [-0.25, -0.2) is 4.21 Å². The number of para-hydroxylation sites is 12. The van der Waals surface area contributed by atoms with Gasteiger partial charge >= 0.3 is 40.9 Å². The van der Waals surface area contributed by atoms with Crippen molar-refractivity contribution in [3.63, 3.8) is 0 Å². The molecule has 7 aliphatic heterocycles. The Morgan fingerprint density at radius 3 is 1.22 bits per heavy atom. The minimum atomic E-state index is -1.72. The Hall–Kier alpha value is -5.70. The first-order chi connectivity index (χ1) is 37.5. The average molecular weight is 1150 g/mol. The number of benzene rings is 6. The maximum atomic E-state index is 11.7. The van der Waals surface area contributed by atoms with Crippen molar-refractivity contribution in [1.82, 2.24) is 0 Å². The molecule has 0 aromatic heterocycles. The van der Waals surface area contributed by atoms with E-state index in [-0.39, 0.29) is 73.1 Å². The van der Waals surface area contributed by atoms with Gasteiger partial charge < -0.3 is 69.5 Å². The molecule has 7 aliphatic rings. The van der Waals surface area contributed by atoms with Gasteiger partial charge in [0, 0.05) is 26.3 Å². The van der Waals surface area contributed by atoms with Crippen molar-refractivity contribution in [2.45, 2.75) is 54.7 Å². The van der Waals surface area contributed by atoms with Crippen molar-refractivity contribution < 1.29 is 90.1 Å². The second-order valence-electron chi connectivity index (χ2n) is 17.5. The van der Waals surface area contributed by atoms with Gasteiger partial charge in [-0.2, -0.15) is 4.21 Å². The average Bonchev–Trinajstić information content (AvgIpc) is 4.01. The van der Waals surface area contributed by atoms with Gasteiger partial charge in [-0.15, -0.1) is 0 Å². The number of azide groups is 1. The summed E-state index contributed by atoms with van der Waals surface area (Å²) in [6, 6.07) is 44.8. The maximum absolute atomic E-state index is 11.7. The number of fused-ring (bicyclic) bond motifs is 7. The second kappa shape index (κ2) is 27.4. The molecule has 0 spiro atoms. The molecule has 4 fully saturated rings. The smallest absolute Gasteiger partial charge is 0.453 e. The third-order valence-corrected chi connectivity index (χ3v) is 13.8. The van der Waals surface area contributed by atoms with Crippen LogP contribution in [0.25, 0.3) is 26.4 Å². The summed E-state index contributed by atoms with van der Waals surface area (Å²) < 4.78 is 66.3. The Balaban J connectivity index is 0.000000145. The summed E-state index contributed by atoms with van der Waals surface area (Å²) in [7, 11) is 7.36. The first kappa shape index (κ1) is 58.4. The van der Waals surface area contributed by atoms with Crippen molar-refractivity contribution in [2.75, 3.05) is 54.3 Å². The summed E-state index contributed by atoms with van der Waals surface area (Å²) >= 11 is -1.72. The molecule has 0 aliphatic carbocycles. The fraction of sp³-hybridized carbons (Fsp3) is 0.294. The van der Waals surface area contributed by atoms with E-state index in [9.17, 15) is 19.5 Å². The third kappa shape index (κ3) is 13.0. The molecule has 22 nitrogen and oxygen atoms in total. The van der Waals surface area contributed by atoms with Crippen LogP contribution in [0.15, 0.2) is 151 Å². The van der Waals surface area contributed by atoms with Crippen molar-refractivity contribution in [3.8, 4) is 34.5 Å². The van der Waals surface area contributed by atoms with Gasteiger partial charge in [0.25, 0.3) is 0 Å². The van der Waals surface area contributed by atoms with Crippen molar-refractivity contribution in [3.05, 3.63) is 172 Å². The van der Waals surface area contributed by atoms with E-state index in [1.807, 2.05) is 155 Å². The molecule has 4 saturated heterocycles. The summed E-state index contributed by atoms with van der Waals surface area (Å²) in [6.07, 6.45) is -3.26. The number of anilines is 6. The van der Waals surface area contributed by atoms with E-state index in [2.05, 4.69) is 36.3 Å². The summed E-state index contributed by atoms with van der Waals surface area (Å²) in [5.41, 5.74) is 27.5. The van der Waals surface area contributed by atoms with Crippen LogP contribution in [0.1, 0.15) is 0 Å². The van der Waals surface area contributed by atoms with Gasteiger partial charge in [-0.05, 0) is 78.3 Å². The minimum Gasteiger partial charge on any atom is -0.453 e. The first-order valence-corrected chi connectivity index (χ1v) is 27.6. The van der Waals surface area contributed by atoms with Gasteiger partial charge in [0.15, 0.2) is 34.5 Å². The van der Waals surface area contributed by atoms with E-state index in [0.29, 0.717) is 37.9 Å². The van der Waals surface area contributed by atoms with Gasteiger partial charge in [-0.3, -0.25) is 13.3 Å². The van der Waals surface area contributed by atoms with Crippen LogP contribution >= 0.6 is 21.4 Å². The molecule has 78 heavy (non-hydrogen) atoms. The molecule has 6 aromatic rings. The Labute approximate surface area is 483 Å². The van der Waals surface area contributed by atoms with E-state index in [1.165, 1.54) is 4.91 Å². The van der Waals surface area contributed by atoms with Gasteiger partial charge in [-0.1, -0.05) is 77.9 Å². The van der Waals surface area contributed by atoms with E-state index < -0.39 is 44.9 Å². The fourth-order valence-corrected chi connectivity index (χ4v) is 10.7. The molecule has 10 atom stereocenters. The number of aliphatic hydroxyl groups is 3. The molecule has 402 valence electrons. The van der Waals surface area contributed by atoms with Crippen LogP contribution in [-0.4, -0.2) is 118 Å². The Kier molecular flexibility index (Phi) is 20.6. The van der Waals surface area contributed by atoms with Crippen LogP contribution in [0.4, 0.5) is 34.1 Å². The zero-order chi connectivity index (χ0) is 54.0. The summed E-state index contributed by atoms with van der Waals surface area (Å²) in [5, 5.41) is 34.8. The normalized spacial score (nSPS) is 25.3. The van der Waals surface area contributed by atoms with E-state index in [4.69, 9.17) is 57.6 Å². The van der Waals surface area contributed by atoms with E-state index >= 15 is 0 Å². The van der Waals surface area contributed by atoms with Crippen LogP contribution in [0.3, 0.4) is 0 Å². The predicted molar refractivity (Wildman–Crippen MR) is 288 cm³/mol. The molecule has 0 bridgehead atoms. The second-order valence-corrected chi connectivity index (χ2v) is 20.8. The summed E-state index contributed by atoms with van der Waals surface area (Å²) in [5.74, 6) is 4.45. The monoisotopic (exact) mass is 1150 g/mol. The molecule has 3 N–H and O–H groups in total. The number of aliphatic hydroxyl groups excluding tert-OH is 3. The molecule has 0 saturated carbocycles. The number of halogens is 2. The third-order valence-electron chi connectivity index (χ3n) is 13.0. The van der Waals surface area contributed by atoms with Crippen LogP contribution in [0.2, 0.25) is 0 Å². The van der Waals surface area contributed by atoms with Crippen molar-refractivity contribution >= 4 is 76.1 Å². The van der Waals surface area contributed by atoms with Gasteiger partial charge in [0.1, 0.15) is 24.4 Å². The maximum Gasteiger partial charge on any atom is 1.00 e. The molecular weight excluding hydrogens is 1100 g/mol. The largest absolute Gasteiger partial charge is 1.00 e. The first-order valence-electron chi connectivity index (χ1n) is 23.8. The molecule has 7 heterocycles. The molecule has 0 radical (unpaired) electrons. The van der Waals surface area contributed by atoms with Crippen LogP contribution in [0.5, 0.6) is 34.5 Å². The zero-order valence-corrected chi connectivity index (χ0v) is 46.5. The van der Waals surface area contributed by atoms with Crippen LogP contribution < -0.4 is 58.5 Å². The van der Waals surface area contributed by atoms with E-state index in [1.54, 1.807) is 0 Å².